The number of rotatable bonds is 6. The van der Waals surface area contributed by atoms with Crippen molar-refractivity contribution in [3.05, 3.63) is 74.2 Å². The highest BCUT2D eigenvalue weighted by Gasteiger charge is 2.30. The quantitative estimate of drug-likeness (QED) is 0.286. The van der Waals surface area contributed by atoms with Gasteiger partial charge >= 0.3 is 0 Å². The zero-order chi connectivity index (χ0) is 19.3. The molecule has 9 heteroatoms. The number of Topliss-reactive ketones (excluding diaryl/α,β-unsaturated/α-hetero) is 1. The first-order valence-corrected chi connectivity index (χ1v) is 9.81. The summed E-state index contributed by atoms with van der Waals surface area (Å²) in [6.07, 6.45) is 1.60. The summed E-state index contributed by atoms with van der Waals surface area (Å²) in [5.41, 5.74) is 0.816. The Balaban J connectivity index is 2.33. The van der Waals surface area contributed by atoms with Gasteiger partial charge < -0.3 is 5.32 Å². The fraction of sp³-hybridized carbons (Fsp3) is 0.176. The van der Waals surface area contributed by atoms with Gasteiger partial charge in [0.2, 0.25) is 0 Å². The highest BCUT2D eigenvalue weighted by Crippen LogP contribution is 2.27. The number of carbonyl (C=O) groups is 2. The second kappa shape index (κ2) is 9.16. The Labute approximate surface area is 167 Å². The van der Waals surface area contributed by atoms with Gasteiger partial charge in [-0.05, 0) is 24.0 Å². The predicted octanol–water partition coefficient (Wildman–Crippen LogP) is 4.96. The number of hydrogen-bond acceptors (Lipinski definition) is 5. The monoisotopic (exact) mass is 456 g/mol. The van der Waals surface area contributed by atoms with Gasteiger partial charge in [0.15, 0.2) is 5.78 Å². The zero-order valence-corrected chi connectivity index (χ0v) is 16.7. The molecule has 1 N–H and O–H groups in total. The second-order valence-corrected chi connectivity index (χ2v) is 7.40. The van der Waals surface area contributed by atoms with Gasteiger partial charge in [0, 0.05) is 22.2 Å². The highest BCUT2D eigenvalue weighted by atomic mass is 79.9. The highest BCUT2D eigenvalue weighted by molar-refractivity contribution is 9.10. The molecule has 0 radical (unpaired) electrons. The van der Waals surface area contributed by atoms with Gasteiger partial charge in [-0.3, -0.25) is 19.7 Å². The first kappa shape index (κ1) is 20.4. The molecule has 0 bridgehead atoms. The largest absolute Gasteiger partial charge is 0.338 e. The van der Waals surface area contributed by atoms with E-state index in [4.69, 9.17) is 11.6 Å². The van der Waals surface area contributed by atoms with Crippen molar-refractivity contribution < 1.29 is 14.5 Å². The van der Waals surface area contributed by atoms with Crippen LogP contribution in [0.2, 0.25) is 0 Å². The molecule has 6 nitrogen and oxygen atoms in total. The van der Waals surface area contributed by atoms with Crippen molar-refractivity contribution in [2.45, 2.75) is 11.4 Å². The Kier molecular flexibility index (Phi) is 7.19. The summed E-state index contributed by atoms with van der Waals surface area (Å²) >= 11 is 10.6. The van der Waals surface area contributed by atoms with Crippen LogP contribution in [0.5, 0.6) is 0 Å². The van der Waals surface area contributed by atoms with E-state index in [-0.39, 0.29) is 16.7 Å². The van der Waals surface area contributed by atoms with Crippen molar-refractivity contribution in [2.75, 3.05) is 6.26 Å². The standard InChI is InChI=1S/C17H14BrClN2O4S/c1-26-17(23)20-15(10-4-8-13(9-5-10)21(24)25)14(19)16(22)11-2-6-12(18)7-3-11/h2-9,14-15H,1H3,(H,20,23)/t14-,15+/m1/s1. The summed E-state index contributed by atoms with van der Waals surface area (Å²) in [6, 6.07) is 11.4. The third kappa shape index (κ3) is 5.06. The zero-order valence-electron chi connectivity index (χ0n) is 13.5. The van der Waals surface area contributed by atoms with Crippen LogP contribution in [0.3, 0.4) is 0 Å². The summed E-state index contributed by atoms with van der Waals surface area (Å²) in [5, 5.41) is 12.1. The first-order valence-electron chi connectivity index (χ1n) is 7.36. The molecule has 2 aromatic carbocycles. The number of benzene rings is 2. The number of nitro benzene ring substituents is 1. The molecule has 0 aliphatic heterocycles. The lowest BCUT2D eigenvalue weighted by atomic mass is 9.97. The Bertz CT molecular complexity index is 815. The molecule has 0 unspecified atom stereocenters. The molecule has 0 spiro atoms. The molecule has 0 aromatic heterocycles. The third-order valence-corrected chi connectivity index (χ3v) is 5.06. The fourth-order valence-electron chi connectivity index (χ4n) is 2.24. The number of nitrogens with one attached hydrogen (secondary N) is 1. The number of carbonyl (C=O) groups excluding carboxylic acids is 2. The Morgan fingerprint density at radius 2 is 1.73 bits per heavy atom. The molecule has 0 fully saturated rings. The van der Waals surface area contributed by atoms with E-state index >= 15 is 0 Å². The number of thioether (sulfide) groups is 1. The van der Waals surface area contributed by atoms with Crippen LogP contribution in [0.15, 0.2) is 53.0 Å². The topological polar surface area (TPSA) is 89.3 Å². The third-order valence-electron chi connectivity index (χ3n) is 3.59. The van der Waals surface area contributed by atoms with Gasteiger partial charge in [-0.1, -0.05) is 52.0 Å². The molecule has 2 atom stereocenters. The van der Waals surface area contributed by atoms with Gasteiger partial charge in [-0.2, -0.15) is 0 Å². The SMILES string of the molecule is CSC(=O)N[C@@H](c1ccc([N+](=O)[O-])cc1)[C@@H](Cl)C(=O)c1ccc(Br)cc1. The summed E-state index contributed by atoms with van der Waals surface area (Å²) in [7, 11) is 0. The molecular weight excluding hydrogens is 444 g/mol. The maximum absolute atomic E-state index is 12.7. The van der Waals surface area contributed by atoms with Crippen LogP contribution in [0.25, 0.3) is 0 Å². The van der Waals surface area contributed by atoms with Gasteiger partial charge in [0.1, 0.15) is 5.38 Å². The van der Waals surface area contributed by atoms with Crippen molar-refractivity contribution in [2.24, 2.45) is 0 Å². The van der Waals surface area contributed by atoms with Gasteiger partial charge in [-0.25, -0.2) is 0 Å². The Hall–Kier alpha value is -1.90. The number of nitrogens with zero attached hydrogens (tertiary/aromatic N) is 1. The van der Waals surface area contributed by atoms with E-state index < -0.39 is 16.3 Å². The summed E-state index contributed by atoms with van der Waals surface area (Å²) in [6.45, 7) is 0. The number of hydrogen-bond donors (Lipinski definition) is 1. The molecule has 0 aliphatic carbocycles. The van der Waals surface area contributed by atoms with E-state index in [1.54, 1.807) is 30.5 Å². The first-order chi connectivity index (χ1) is 12.3. The maximum atomic E-state index is 12.7. The van der Waals surface area contributed by atoms with Crippen LogP contribution in [-0.2, 0) is 0 Å². The van der Waals surface area contributed by atoms with Gasteiger partial charge in [0.25, 0.3) is 10.9 Å². The fourth-order valence-corrected chi connectivity index (χ4v) is 3.08. The normalized spacial score (nSPS) is 12.9. The number of non-ortho nitro benzene ring substituents is 1. The molecule has 0 saturated heterocycles. The van der Waals surface area contributed by atoms with Crippen molar-refractivity contribution >= 4 is 56.0 Å². The number of nitro groups is 1. The Morgan fingerprint density at radius 1 is 1.15 bits per heavy atom. The molecule has 26 heavy (non-hydrogen) atoms. The molecule has 0 aliphatic rings. The molecule has 0 saturated carbocycles. The molecule has 2 rings (SSSR count). The van der Waals surface area contributed by atoms with E-state index in [1.165, 1.54) is 24.3 Å². The second-order valence-electron chi connectivity index (χ2n) is 5.24. The summed E-state index contributed by atoms with van der Waals surface area (Å²) in [4.78, 5) is 34.8. The minimum atomic E-state index is -1.08. The lowest BCUT2D eigenvalue weighted by Gasteiger charge is -2.23. The van der Waals surface area contributed by atoms with E-state index in [1.807, 2.05) is 0 Å². The lowest BCUT2D eigenvalue weighted by Crippen LogP contribution is -2.36. The molecule has 1 amide bonds. The maximum Gasteiger partial charge on any atom is 0.279 e. The van der Waals surface area contributed by atoms with E-state index in [0.717, 1.165) is 16.2 Å². The van der Waals surface area contributed by atoms with E-state index in [9.17, 15) is 19.7 Å². The summed E-state index contributed by atoms with van der Waals surface area (Å²) in [5.74, 6) is -0.357. The minimum absolute atomic E-state index is 0.0888. The van der Waals surface area contributed by atoms with Crippen molar-refractivity contribution in [3.8, 4) is 0 Å². The van der Waals surface area contributed by atoms with Crippen LogP contribution in [0.4, 0.5) is 10.5 Å². The number of ketones is 1. The van der Waals surface area contributed by atoms with Crippen molar-refractivity contribution in [1.82, 2.24) is 5.32 Å². The van der Waals surface area contributed by atoms with Crippen LogP contribution >= 0.6 is 39.3 Å². The van der Waals surface area contributed by atoms with Crippen LogP contribution < -0.4 is 5.32 Å². The average Bonchev–Trinajstić information content (AvgIpc) is 2.65. The summed E-state index contributed by atoms with van der Waals surface area (Å²) < 4.78 is 0.822. The lowest BCUT2D eigenvalue weighted by molar-refractivity contribution is -0.384. The predicted molar refractivity (Wildman–Crippen MR) is 106 cm³/mol. The smallest absolute Gasteiger partial charge is 0.279 e. The molecule has 136 valence electrons. The molecular formula is C17H14BrClN2O4S. The van der Waals surface area contributed by atoms with Crippen LogP contribution in [-0.4, -0.2) is 27.6 Å². The number of alkyl halides is 1. The van der Waals surface area contributed by atoms with E-state index in [2.05, 4.69) is 21.2 Å². The minimum Gasteiger partial charge on any atom is -0.338 e. The number of amides is 1. The molecule has 2 aromatic rings. The molecule has 0 heterocycles. The van der Waals surface area contributed by atoms with Crippen LogP contribution in [0.1, 0.15) is 22.0 Å². The average molecular weight is 458 g/mol. The number of halogens is 2. The van der Waals surface area contributed by atoms with Crippen LogP contribution in [0, 0.1) is 10.1 Å². The Morgan fingerprint density at radius 3 is 2.23 bits per heavy atom. The van der Waals surface area contributed by atoms with Gasteiger partial charge in [-0.15, -0.1) is 11.6 Å². The van der Waals surface area contributed by atoms with Crippen molar-refractivity contribution in [1.29, 1.82) is 0 Å². The van der Waals surface area contributed by atoms with Crippen molar-refractivity contribution in [3.63, 3.8) is 0 Å². The van der Waals surface area contributed by atoms with Gasteiger partial charge in [0.05, 0.1) is 11.0 Å². The van der Waals surface area contributed by atoms with E-state index in [0.29, 0.717) is 11.1 Å².